The molecule has 224 valence electrons. The number of carboxylic acids is 1. The summed E-state index contributed by atoms with van der Waals surface area (Å²) in [6.45, 7) is 4.27. The van der Waals surface area contributed by atoms with Crippen molar-refractivity contribution in [3.8, 4) is 5.75 Å². The Kier molecular flexibility index (Phi) is 13.8. The molecule has 11 nitrogen and oxygen atoms in total. The van der Waals surface area contributed by atoms with Gasteiger partial charge in [-0.25, -0.2) is 4.79 Å². The van der Waals surface area contributed by atoms with E-state index < -0.39 is 47.9 Å². The molecule has 9 N–H and O–H groups in total. The lowest BCUT2D eigenvalue weighted by atomic mass is 10.0. The first-order valence-electron chi connectivity index (χ1n) is 13.9. The molecule has 0 spiro atoms. The summed E-state index contributed by atoms with van der Waals surface area (Å²) in [4.78, 5) is 51.6. The number of benzene rings is 2. The van der Waals surface area contributed by atoms with E-state index in [4.69, 9.17) is 11.5 Å². The van der Waals surface area contributed by atoms with Crippen LogP contribution < -0.4 is 27.4 Å². The average molecular weight is 570 g/mol. The number of phenolic OH excluding ortho intramolecular Hbond substituents is 1. The van der Waals surface area contributed by atoms with E-state index in [0.717, 1.165) is 5.56 Å². The minimum Gasteiger partial charge on any atom is -0.508 e. The lowest BCUT2D eigenvalue weighted by molar-refractivity contribution is -0.142. The van der Waals surface area contributed by atoms with Gasteiger partial charge in [0.1, 0.15) is 23.9 Å². The van der Waals surface area contributed by atoms with E-state index in [1.807, 2.05) is 44.2 Å². The Morgan fingerprint density at radius 2 is 1.29 bits per heavy atom. The third kappa shape index (κ3) is 12.0. The molecule has 41 heavy (non-hydrogen) atoms. The summed E-state index contributed by atoms with van der Waals surface area (Å²) in [5, 5.41) is 27.2. The molecule has 0 heterocycles. The maximum Gasteiger partial charge on any atom is 0.326 e. The van der Waals surface area contributed by atoms with Crippen LogP contribution in [0.2, 0.25) is 0 Å². The molecular weight excluding hydrogens is 526 g/mol. The van der Waals surface area contributed by atoms with E-state index in [0.29, 0.717) is 31.4 Å². The van der Waals surface area contributed by atoms with Crippen LogP contribution in [-0.2, 0) is 32.0 Å². The molecular formula is C30H43N5O6. The van der Waals surface area contributed by atoms with E-state index in [9.17, 15) is 29.4 Å². The van der Waals surface area contributed by atoms with Crippen LogP contribution in [0, 0.1) is 5.92 Å². The topological polar surface area (TPSA) is 197 Å². The fourth-order valence-electron chi connectivity index (χ4n) is 4.33. The van der Waals surface area contributed by atoms with Crippen molar-refractivity contribution in [2.75, 3.05) is 6.54 Å². The van der Waals surface area contributed by atoms with Crippen molar-refractivity contribution in [2.45, 2.75) is 76.5 Å². The molecule has 11 heteroatoms. The predicted molar refractivity (Wildman–Crippen MR) is 156 cm³/mol. The highest BCUT2D eigenvalue weighted by Gasteiger charge is 2.30. The van der Waals surface area contributed by atoms with Crippen molar-refractivity contribution < 1.29 is 29.4 Å². The average Bonchev–Trinajstić information content (AvgIpc) is 2.92. The molecule has 0 aliphatic carbocycles. The number of carboxylic acid groups (broad SMARTS) is 1. The van der Waals surface area contributed by atoms with Gasteiger partial charge in [0, 0.05) is 12.8 Å². The third-order valence-electron chi connectivity index (χ3n) is 6.55. The summed E-state index contributed by atoms with van der Waals surface area (Å²) < 4.78 is 0. The second-order valence-electron chi connectivity index (χ2n) is 10.6. The Morgan fingerprint density at radius 3 is 1.88 bits per heavy atom. The number of nitrogens with two attached hydrogens (primary N) is 2. The molecule has 4 atom stereocenters. The van der Waals surface area contributed by atoms with Crippen LogP contribution in [-0.4, -0.2) is 64.6 Å². The number of phenols is 1. The normalized spacial score (nSPS) is 14.0. The van der Waals surface area contributed by atoms with Crippen LogP contribution in [0.5, 0.6) is 5.75 Å². The lowest BCUT2D eigenvalue weighted by Gasteiger charge is -2.26. The van der Waals surface area contributed by atoms with Crippen LogP contribution in [0.25, 0.3) is 0 Å². The van der Waals surface area contributed by atoms with Gasteiger partial charge in [0.05, 0.1) is 6.04 Å². The zero-order chi connectivity index (χ0) is 30.4. The van der Waals surface area contributed by atoms with E-state index >= 15 is 0 Å². The van der Waals surface area contributed by atoms with Crippen LogP contribution in [0.4, 0.5) is 0 Å². The van der Waals surface area contributed by atoms with E-state index in [1.165, 1.54) is 12.1 Å². The number of nitrogens with one attached hydrogen (secondary N) is 3. The number of aliphatic carboxylic acids is 1. The van der Waals surface area contributed by atoms with Crippen molar-refractivity contribution in [2.24, 2.45) is 17.4 Å². The SMILES string of the molecule is CC(C)CC(N)C(=O)NC(Cc1ccccc1)C(=O)NC(CCCCN)C(=O)NC(Cc1ccc(O)cc1)C(=O)O. The van der Waals surface area contributed by atoms with Crippen LogP contribution >= 0.6 is 0 Å². The van der Waals surface area contributed by atoms with E-state index in [1.54, 1.807) is 12.1 Å². The molecule has 4 unspecified atom stereocenters. The highest BCUT2D eigenvalue weighted by molar-refractivity contribution is 5.94. The number of hydrogen-bond donors (Lipinski definition) is 7. The Morgan fingerprint density at radius 1 is 0.756 bits per heavy atom. The minimum atomic E-state index is -1.27. The van der Waals surface area contributed by atoms with Gasteiger partial charge in [0.25, 0.3) is 0 Å². The predicted octanol–water partition coefficient (Wildman–Crippen LogP) is 1.22. The molecule has 2 aromatic carbocycles. The van der Waals surface area contributed by atoms with Gasteiger partial charge in [0.15, 0.2) is 0 Å². The van der Waals surface area contributed by atoms with Gasteiger partial charge in [-0.15, -0.1) is 0 Å². The Labute approximate surface area is 241 Å². The zero-order valence-electron chi connectivity index (χ0n) is 23.7. The quantitative estimate of drug-likeness (QED) is 0.138. The van der Waals surface area contributed by atoms with Crippen molar-refractivity contribution in [3.63, 3.8) is 0 Å². The Bertz CT molecular complexity index is 1130. The molecule has 0 aromatic heterocycles. The summed E-state index contributed by atoms with van der Waals surface area (Å²) >= 11 is 0. The minimum absolute atomic E-state index is 0.0226. The van der Waals surface area contributed by atoms with Crippen LogP contribution in [0.3, 0.4) is 0 Å². The van der Waals surface area contributed by atoms with E-state index in [-0.39, 0.29) is 30.9 Å². The number of rotatable bonds is 17. The molecule has 0 aliphatic heterocycles. The molecule has 0 bridgehead atoms. The first-order chi connectivity index (χ1) is 19.5. The van der Waals surface area contributed by atoms with Gasteiger partial charge in [-0.1, -0.05) is 56.3 Å². The molecule has 0 radical (unpaired) electrons. The molecule has 3 amide bonds. The van der Waals surface area contributed by atoms with E-state index in [2.05, 4.69) is 16.0 Å². The number of carbonyl (C=O) groups is 4. The summed E-state index contributed by atoms with van der Waals surface area (Å²) in [6, 6.07) is 11.0. The standard InChI is InChI=1S/C30H43N5O6/c1-19(2)16-23(32)27(37)34-25(17-20-8-4-3-5-9-20)29(39)33-24(10-6-7-15-31)28(38)35-26(30(40)41)18-21-11-13-22(36)14-12-21/h3-5,8-9,11-14,19,23-26,36H,6-7,10,15-18,31-32H2,1-2H3,(H,33,39)(H,34,37)(H,35,38)(H,40,41). The highest BCUT2D eigenvalue weighted by atomic mass is 16.4. The van der Waals surface area contributed by atoms with Crippen LogP contribution in [0.1, 0.15) is 50.7 Å². The first-order valence-corrected chi connectivity index (χ1v) is 13.9. The summed E-state index contributed by atoms with van der Waals surface area (Å²) in [5.74, 6) is -2.75. The molecule has 2 aromatic rings. The second kappa shape index (κ2) is 17.0. The number of amides is 3. The number of unbranched alkanes of at least 4 members (excludes halogenated alkanes) is 1. The summed E-state index contributed by atoms with van der Waals surface area (Å²) in [6.07, 6.45) is 1.92. The Balaban J connectivity index is 2.22. The van der Waals surface area contributed by atoms with Gasteiger partial charge in [0.2, 0.25) is 17.7 Å². The fraction of sp³-hybridized carbons (Fsp3) is 0.467. The van der Waals surface area contributed by atoms with Gasteiger partial charge < -0.3 is 37.6 Å². The molecule has 2 rings (SSSR count). The maximum atomic E-state index is 13.5. The summed E-state index contributed by atoms with van der Waals surface area (Å²) in [5.41, 5.74) is 13.1. The monoisotopic (exact) mass is 569 g/mol. The molecule has 0 saturated carbocycles. The van der Waals surface area contributed by atoms with Gasteiger partial charge in [-0.3, -0.25) is 14.4 Å². The fourth-order valence-corrected chi connectivity index (χ4v) is 4.33. The van der Waals surface area contributed by atoms with Crippen molar-refractivity contribution in [3.05, 3.63) is 65.7 Å². The number of aromatic hydroxyl groups is 1. The smallest absolute Gasteiger partial charge is 0.326 e. The lowest BCUT2D eigenvalue weighted by Crippen LogP contribution is -2.57. The van der Waals surface area contributed by atoms with Crippen molar-refractivity contribution >= 4 is 23.7 Å². The van der Waals surface area contributed by atoms with Crippen LogP contribution in [0.15, 0.2) is 54.6 Å². The van der Waals surface area contributed by atoms with Gasteiger partial charge in [-0.2, -0.15) is 0 Å². The van der Waals surface area contributed by atoms with Crippen molar-refractivity contribution in [1.29, 1.82) is 0 Å². The maximum absolute atomic E-state index is 13.5. The summed E-state index contributed by atoms with van der Waals surface area (Å²) in [7, 11) is 0. The van der Waals surface area contributed by atoms with Gasteiger partial charge >= 0.3 is 5.97 Å². The molecule has 0 aliphatic rings. The number of carbonyl (C=O) groups excluding carboxylic acids is 3. The van der Waals surface area contributed by atoms with Crippen molar-refractivity contribution in [1.82, 2.24) is 16.0 Å². The Hall–Kier alpha value is -3.96. The third-order valence-corrected chi connectivity index (χ3v) is 6.55. The second-order valence-corrected chi connectivity index (χ2v) is 10.6. The molecule has 0 saturated heterocycles. The first kappa shape index (κ1) is 33.2. The largest absolute Gasteiger partial charge is 0.508 e. The zero-order valence-corrected chi connectivity index (χ0v) is 23.7. The highest BCUT2D eigenvalue weighted by Crippen LogP contribution is 2.13. The molecule has 0 fully saturated rings. The van der Waals surface area contributed by atoms with Gasteiger partial charge in [-0.05, 0) is 61.4 Å². The number of hydrogen-bond acceptors (Lipinski definition) is 7.